The first kappa shape index (κ1) is 15.7. The summed E-state index contributed by atoms with van der Waals surface area (Å²) >= 11 is 0. The minimum absolute atomic E-state index is 0.0844. The molecule has 0 aliphatic carbocycles. The number of hydrogen-bond acceptors (Lipinski definition) is 4. The van der Waals surface area contributed by atoms with Crippen molar-refractivity contribution in [1.82, 2.24) is 4.57 Å². The molecule has 0 saturated heterocycles. The van der Waals surface area contributed by atoms with E-state index >= 15 is 0 Å². The van der Waals surface area contributed by atoms with Crippen LogP contribution < -0.4 is 0 Å². The average molecular weight is 291 g/mol. The molecule has 0 atom stereocenters. The zero-order valence-corrected chi connectivity index (χ0v) is 12.5. The molecule has 5 heteroatoms. The summed E-state index contributed by atoms with van der Waals surface area (Å²) in [5.74, 6) is 0.0844. The Bertz CT molecular complexity index is 591. The molecule has 5 nitrogen and oxygen atoms in total. The molecule has 0 N–H and O–H groups in total. The number of nitrogens with zero attached hydrogens (tertiary/aromatic N) is 1. The molecular weight excluding hydrogens is 270 g/mol. The van der Waals surface area contributed by atoms with Crippen LogP contribution in [0.1, 0.15) is 17.3 Å². The van der Waals surface area contributed by atoms with Crippen molar-refractivity contribution in [2.45, 2.75) is 13.5 Å². The van der Waals surface area contributed by atoms with Gasteiger partial charge >= 0.3 is 0 Å². The quantitative estimate of drug-likeness (QED) is 0.404. The molecule has 0 unspecified atom stereocenters. The lowest BCUT2D eigenvalue weighted by molar-refractivity contribution is -0.0672. The third-order valence-corrected chi connectivity index (χ3v) is 3.27. The summed E-state index contributed by atoms with van der Waals surface area (Å²) in [6, 6.07) is 7.75. The van der Waals surface area contributed by atoms with Gasteiger partial charge in [-0.15, -0.1) is 0 Å². The molecule has 0 fully saturated rings. The Kier molecular flexibility index (Phi) is 5.92. The Labute approximate surface area is 124 Å². The third-order valence-electron chi connectivity index (χ3n) is 3.27. The zero-order chi connectivity index (χ0) is 15.1. The molecule has 0 spiro atoms. The fraction of sp³-hybridized carbons (Fsp3) is 0.438. The van der Waals surface area contributed by atoms with Crippen LogP contribution in [0, 0.1) is 0 Å². The molecule has 0 radical (unpaired) electrons. The van der Waals surface area contributed by atoms with E-state index in [1.807, 2.05) is 30.5 Å². The summed E-state index contributed by atoms with van der Waals surface area (Å²) in [4.78, 5) is 11.6. The number of aromatic nitrogens is 1. The van der Waals surface area contributed by atoms with Crippen molar-refractivity contribution < 1.29 is 19.0 Å². The van der Waals surface area contributed by atoms with Crippen molar-refractivity contribution in [1.29, 1.82) is 0 Å². The van der Waals surface area contributed by atoms with Crippen molar-refractivity contribution in [3.05, 3.63) is 36.0 Å². The molecule has 2 rings (SSSR count). The lowest BCUT2D eigenvalue weighted by atomic mass is 10.1. The Morgan fingerprint density at radius 3 is 2.71 bits per heavy atom. The minimum Gasteiger partial charge on any atom is -0.382 e. The zero-order valence-electron chi connectivity index (χ0n) is 12.5. The number of carbonyl (C=O) groups excluding carboxylic acids is 1. The van der Waals surface area contributed by atoms with Gasteiger partial charge in [-0.05, 0) is 19.1 Å². The number of benzene rings is 1. The summed E-state index contributed by atoms with van der Waals surface area (Å²) in [7, 11) is 1.64. The van der Waals surface area contributed by atoms with E-state index in [0.29, 0.717) is 19.8 Å². The highest BCUT2D eigenvalue weighted by Gasteiger charge is 2.08. The predicted octanol–water partition coefficient (Wildman–Crippen LogP) is 2.48. The van der Waals surface area contributed by atoms with Gasteiger partial charge < -0.3 is 18.8 Å². The van der Waals surface area contributed by atoms with Crippen LogP contribution in [0.3, 0.4) is 0 Å². The molecule has 0 saturated carbocycles. The molecule has 0 amide bonds. The Morgan fingerprint density at radius 1 is 1.14 bits per heavy atom. The number of fused-ring (bicyclic) bond motifs is 1. The number of carbonyl (C=O) groups is 1. The van der Waals surface area contributed by atoms with Gasteiger partial charge in [-0.3, -0.25) is 4.79 Å². The van der Waals surface area contributed by atoms with Gasteiger partial charge in [0.25, 0.3) is 0 Å². The number of ether oxygens (including phenoxy) is 3. The van der Waals surface area contributed by atoms with Gasteiger partial charge in [-0.1, -0.05) is 12.1 Å². The molecule has 1 aromatic heterocycles. The molecule has 2 aromatic rings. The number of rotatable bonds is 9. The molecule has 0 aliphatic heterocycles. The summed E-state index contributed by atoms with van der Waals surface area (Å²) < 4.78 is 17.6. The van der Waals surface area contributed by atoms with Crippen molar-refractivity contribution in [3.8, 4) is 0 Å². The number of Topliss-reactive ketones (excluding diaryl/α,β-unsaturated/α-hetero) is 1. The van der Waals surface area contributed by atoms with Gasteiger partial charge in [-0.25, -0.2) is 0 Å². The van der Waals surface area contributed by atoms with E-state index in [9.17, 15) is 4.79 Å². The average Bonchev–Trinajstić information content (AvgIpc) is 2.89. The van der Waals surface area contributed by atoms with E-state index in [0.717, 1.165) is 23.0 Å². The summed E-state index contributed by atoms with van der Waals surface area (Å²) in [6.45, 7) is 4.23. The molecule has 114 valence electrons. The van der Waals surface area contributed by atoms with Crippen LogP contribution in [-0.2, 0) is 20.8 Å². The number of ketones is 1. The largest absolute Gasteiger partial charge is 0.382 e. The predicted molar refractivity (Wildman–Crippen MR) is 80.6 cm³/mol. The molecule has 21 heavy (non-hydrogen) atoms. The van der Waals surface area contributed by atoms with E-state index in [-0.39, 0.29) is 12.6 Å². The first-order valence-corrected chi connectivity index (χ1v) is 6.97. The van der Waals surface area contributed by atoms with E-state index in [1.165, 1.54) is 0 Å². The molecule has 0 aliphatic rings. The van der Waals surface area contributed by atoms with E-state index in [4.69, 9.17) is 14.2 Å². The summed E-state index contributed by atoms with van der Waals surface area (Å²) in [5, 5.41) is 0.987. The summed E-state index contributed by atoms with van der Waals surface area (Å²) in [6.07, 6.45) is 1.98. The second kappa shape index (κ2) is 7.93. The highest BCUT2D eigenvalue weighted by atomic mass is 16.7. The lowest BCUT2D eigenvalue weighted by Crippen LogP contribution is -2.10. The van der Waals surface area contributed by atoms with Gasteiger partial charge in [0.2, 0.25) is 0 Å². The standard InChI is InChI=1S/C16H21NO4/c1-13(18)14-4-3-5-16-15(14)6-7-17(16)8-9-20-12-21-11-10-19-2/h3-7H,8-12H2,1-2H3. The van der Waals surface area contributed by atoms with Crippen LogP contribution in [0.4, 0.5) is 0 Å². The Balaban J connectivity index is 1.88. The van der Waals surface area contributed by atoms with E-state index in [1.54, 1.807) is 14.0 Å². The maximum absolute atomic E-state index is 11.6. The SMILES string of the molecule is COCCOCOCCn1ccc2c(C(C)=O)cccc21. The minimum atomic E-state index is 0.0844. The Hall–Kier alpha value is -1.69. The normalized spacial score (nSPS) is 11.1. The molecule has 0 bridgehead atoms. The van der Waals surface area contributed by atoms with Crippen molar-refractivity contribution in [3.63, 3.8) is 0 Å². The highest BCUT2D eigenvalue weighted by molar-refractivity contribution is 6.06. The summed E-state index contributed by atoms with van der Waals surface area (Å²) in [5.41, 5.74) is 1.81. The van der Waals surface area contributed by atoms with Crippen LogP contribution in [0.2, 0.25) is 0 Å². The van der Waals surface area contributed by atoms with Crippen molar-refractivity contribution in [2.24, 2.45) is 0 Å². The van der Waals surface area contributed by atoms with Crippen LogP contribution in [0.15, 0.2) is 30.5 Å². The Morgan fingerprint density at radius 2 is 1.95 bits per heavy atom. The van der Waals surface area contributed by atoms with Crippen LogP contribution in [0.25, 0.3) is 10.9 Å². The topological polar surface area (TPSA) is 49.7 Å². The first-order chi connectivity index (χ1) is 10.2. The molecule has 1 heterocycles. The van der Waals surface area contributed by atoms with E-state index < -0.39 is 0 Å². The fourth-order valence-electron chi connectivity index (χ4n) is 2.21. The first-order valence-electron chi connectivity index (χ1n) is 6.97. The number of hydrogen-bond donors (Lipinski definition) is 0. The number of methoxy groups -OCH3 is 1. The van der Waals surface area contributed by atoms with E-state index in [2.05, 4.69) is 4.57 Å². The maximum atomic E-state index is 11.6. The van der Waals surface area contributed by atoms with Crippen molar-refractivity contribution >= 4 is 16.7 Å². The van der Waals surface area contributed by atoms with Gasteiger partial charge in [-0.2, -0.15) is 0 Å². The van der Waals surface area contributed by atoms with Crippen LogP contribution in [-0.4, -0.2) is 44.1 Å². The van der Waals surface area contributed by atoms with Crippen LogP contribution >= 0.6 is 0 Å². The van der Waals surface area contributed by atoms with Gasteiger partial charge in [0.05, 0.1) is 19.8 Å². The van der Waals surface area contributed by atoms with Crippen LogP contribution in [0.5, 0.6) is 0 Å². The highest BCUT2D eigenvalue weighted by Crippen LogP contribution is 2.20. The molecular formula is C16H21NO4. The smallest absolute Gasteiger partial charge is 0.160 e. The fourth-order valence-corrected chi connectivity index (χ4v) is 2.21. The maximum Gasteiger partial charge on any atom is 0.160 e. The van der Waals surface area contributed by atoms with Crippen molar-refractivity contribution in [2.75, 3.05) is 33.7 Å². The third kappa shape index (κ3) is 4.14. The lowest BCUT2D eigenvalue weighted by Gasteiger charge is -2.08. The second-order valence-electron chi connectivity index (χ2n) is 4.73. The monoisotopic (exact) mass is 291 g/mol. The second-order valence-corrected chi connectivity index (χ2v) is 4.73. The van der Waals surface area contributed by atoms with Gasteiger partial charge in [0, 0.05) is 36.3 Å². The molecule has 1 aromatic carbocycles. The van der Waals surface area contributed by atoms with Gasteiger partial charge in [0.15, 0.2) is 5.78 Å². The van der Waals surface area contributed by atoms with Gasteiger partial charge in [0.1, 0.15) is 6.79 Å².